The number of aromatic nitrogens is 2. The quantitative estimate of drug-likeness (QED) is 0.470. The summed E-state index contributed by atoms with van der Waals surface area (Å²) in [5, 5.41) is 0. The molecule has 0 unspecified atom stereocenters. The summed E-state index contributed by atoms with van der Waals surface area (Å²) in [7, 11) is 5.89. The molecule has 1 saturated heterocycles. The number of ketones is 1. The zero-order valence-electron chi connectivity index (χ0n) is 17.7. The number of pyridine rings is 1. The first-order valence-corrected chi connectivity index (χ1v) is 10.3. The van der Waals surface area contributed by atoms with Gasteiger partial charge in [0.05, 0.1) is 0 Å². The molecular weight excluding hydrogens is 379 g/mol. The molecule has 0 N–H and O–H groups in total. The van der Waals surface area contributed by atoms with E-state index >= 15 is 0 Å². The lowest BCUT2D eigenvalue weighted by Gasteiger charge is -2.29. The third kappa shape index (κ3) is 4.14. The van der Waals surface area contributed by atoms with Gasteiger partial charge in [-0.2, -0.15) is 0 Å². The third-order valence-corrected chi connectivity index (χ3v) is 5.72. The van der Waals surface area contributed by atoms with Crippen LogP contribution in [0.15, 0.2) is 54.9 Å². The van der Waals surface area contributed by atoms with Crippen molar-refractivity contribution in [2.45, 2.75) is 18.8 Å². The van der Waals surface area contributed by atoms with Crippen molar-refractivity contribution in [3.05, 3.63) is 71.9 Å². The molecule has 5 nitrogen and oxygen atoms in total. The topological polar surface area (TPSA) is 40.9 Å². The number of likely N-dealkylation sites (tertiary alicyclic amines) is 1. The molecule has 3 heterocycles. The van der Waals surface area contributed by atoms with E-state index in [1.54, 1.807) is 24.4 Å². The molecule has 156 valence electrons. The first kappa shape index (κ1) is 20.3. The Morgan fingerprint density at radius 2 is 1.87 bits per heavy atom. The van der Waals surface area contributed by atoms with Gasteiger partial charge >= 0.3 is 0 Å². The zero-order valence-corrected chi connectivity index (χ0v) is 17.7. The lowest BCUT2D eigenvalue weighted by molar-refractivity contribution is 0.104. The molecular formula is C24H27FN4O. The van der Waals surface area contributed by atoms with Crippen molar-refractivity contribution in [3.8, 4) is 11.3 Å². The SMILES string of the molecule is CN(C)/C=C/C(=O)c1c(-c2ccc(F)cc2)nc2cc(C3CCN(C)CC3)ccn12. The van der Waals surface area contributed by atoms with Crippen molar-refractivity contribution in [1.29, 1.82) is 0 Å². The summed E-state index contributed by atoms with van der Waals surface area (Å²) in [6, 6.07) is 10.3. The summed E-state index contributed by atoms with van der Waals surface area (Å²) in [4.78, 5) is 22.0. The molecule has 6 heteroatoms. The largest absolute Gasteiger partial charge is 0.383 e. The van der Waals surface area contributed by atoms with E-state index in [4.69, 9.17) is 4.98 Å². The summed E-state index contributed by atoms with van der Waals surface area (Å²) in [5.74, 6) is 0.0555. The van der Waals surface area contributed by atoms with E-state index in [0.717, 1.165) is 37.1 Å². The van der Waals surface area contributed by atoms with Gasteiger partial charge < -0.3 is 9.80 Å². The number of benzene rings is 1. The maximum absolute atomic E-state index is 13.4. The number of fused-ring (bicyclic) bond motifs is 1. The van der Waals surface area contributed by atoms with Gasteiger partial charge in [-0.05, 0) is 80.9 Å². The molecule has 0 bridgehead atoms. The highest BCUT2D eigenvalue weighted by atomic mass is 19.1. The van der Waals surface area contributed by atoms with Crippen LogP contribution in [0, 0.1) is 5.82 Å². The number of piperidine rings is 1. The van der Waals surface area contributed by atoms with E-state index < -0.39 is 0 Å². The van der Waals surface area contributed by atoms with Gasteiger partial charge in [-0.1, -0.05) is 0 Å². The van der Waals surface area contributed by atoms with Crippen molar-refractivity contribution < 1.29 is 9.18 Å². The van der Waals surface area contributed by atoms with E-state index in [0.29, 0.717) is 17.3 Å². The Bertz CT molecular complexity index is 1080. The van der Waals surface area contributed by atoms with Crippen molar-refractivity contribution >= 4 is 11.4 Å². The average molecular weight is 407 g/mol. The molecule has 0 radical (unpaired) electrons. The second kappa shape index (κ2) is 8.40. The highest BCUT2D eigenvalue weighted by Gasteiger charge is 2.22. The van der Waals surface area contributed by atoms with Crippen LogP contribution in [0.4, 0.5) is 4.39 Å². The van der Waals surface area contributed by atoms with Crippen LogP contribution < -0.4 is 0 Å². The number of hydrogen-bond acceptors (Lipinski definition) is 4. The molecule has 30 heavy (non-hydrogen) atoms. The van der Waals surface area contributed by atoms with Gasteiger partial charge in [-0.3, -0.25) is 9.20 Å². The van der Waals surface area contributed by atoms with Gasteiger partial charge in [0, 0.05) is 38.1 Å². The van der Waals surface area contributed by atoms with E-state index in [1.165, 1.54) is 17.7 Å². The fraction of sp³-hybridized carbons (Fsp3) is 0.333. The number of rotatable bonds is 5. The van der Waals surface area contributed by atoms with Crippen LogP contribution in [0.25, 0.3) is 16.9 Å². The fourth-order valence-corrected chi connectivity index (χ4v) is 4.00. The minimum Gasteiger partial charge on any atom is -0.383 e. The monoisotopic (exact) mass is 406 g/mol. The number of allylic oxidation sites excluding steroid dienone is 1. The molecule has 0 atom stereocenters. The van der Waals surface area contributed by atoms with Gasteiger partial charge in [0.15, 0.2) is 0 Å². The number of nitrogens with zero attached hydrogens (tertiary/aromatic N) is 4. The highest BCUT2D eigenvalue weighted by molar-refractivity contribution is 6.08. The molecule has 2 aromatic heterocycles. The average Bonchev–Trinajstić information content (AvgIpc) is 3.11. The van der Waals surface area contributed by atoms with Gasteiger partial charge in [0.25, 0.3) is 0 Å². The first-order chi connectivity index (χ1) is 14.4. The number of hydrogen-bond donors (Lipinski definition) is 0. The van der Waals surface area contributed by atoms with Crippen LogP contribution >= 0.6 is 0 Å². The lowest BCUT2D eigenvalue weighted by Crippen LogP contribution is -2.29. The zero-order chi connectivity index (χ0) is 21.3. The molecule has 0 aliphatic carbocycles. The summed E-state index contributed by atoms with van der Waals surface area (Å²) in [6.07, 6.45) is 7.45. The van der Waals surface area contributed by atoms with Crippen LogP contribution in [0.3, 0.4) is 0 Å². The lowest BCUT2D eigenvalue weighted by atomic mass is 9.90. The van der Waals surface area contributed by atoms with Crippen LogP contribution in [0.5, 0.6) is 0 Å². The van der Waals surface area contributed by atoms with E-state index in [-0.39, 0.29) is 11.6 Å². The number of halogens is 1. The van der Waals surface area contributed by atoms with Crippen LogP contribution in [0.2, 0.25) is 0 Å². The maximum atomic E-state index is 13.4. The van der Waals surface area contributed by atoms with E-state index in [9.17, 15) is 9.18 Å². The van der Waals surface area contributed by atoms with Gasteiger partial charge in [-0.15, -0.1) is 0 Å². The standard InChI is InChI=1S/C24H27FN4O/c1-27(2)12-11-21(30)24-23(18-4-6-20(25)7-5-18)26-22-16-19(10-15-29(22)24)17-8-13-28(3)14-9-17/h4-7,10-12,15-17H,8-9,13-14H2,1-3H3/b12-11+. The Hall–Kier alpha value is -2.99. The predicted molar refractivity (Wildman–Crippen MR) is 117 cm³/mol. The molecule has 3 aromatic rings. The van der Waals surface area contributed by atoms with Crippen LogP contribution in [0.1, 0.15) is 34.8 Å². The Kier molecular flexibility index (Phi) is 5.68. The van der Waals surface area contributed by atoms with Crippen molar-refractivity contribution in [1.82, 2.24) is 19.2 Å². The highest BCUT2D eigenvalue weighted by Crippen LogP contribution is 2.31. The molecule has 1 aliphatic heterocycles. The number of imidazole rings is 1. The maximum Gasteiger partial charge on any atom is 0.206 e. The fourth-order valence-electron chi connectivity index (χ4n) is 4.00. The molecule has 0 saturated carbocycles. The Morgan fingerprint density at radius 3 is 2.53 bits per heavy atom. The number of carbonyl (C=O) groups is 1. The second-order valence-electron chi connectivity index (χ2n) is 8.23. The summed E-state index contributed by atoms with van der Waals surface area (Å²) >= 11 is 0. The molecule has 1 aliphatic rings. The third-order valence-electron chi connectivity index (χ3n) is 5.72. The number of carbonyl (C=O) groups excluding carboxylic acids is 1. The van der Waals surface area contributed by atoms with Crippen molar-refractivity contribution in [2.75, 3.05) is 34.2 Å². The minimum absolute atomic E-state index is 0.137. The minimum atomic E-state index is -0.313. The molecule has 4 rings (SSSR count). The molecule has 0 amide bonds. The van der Waals surface area contributed by atoms with Gasteiger partial charge in [0.1, 0.15) is 22.9 Å². The van der Waals surface area contributed by atoms with Gasteiger partial charge in [0.2, 0.25) is 5.78 Å². The van der Waals surface area contributed by atoms with E-state index in [1.807, 2.05) is 29.6 Å². The van der Waals surface area contributed by atoms with Gasteiger partial charge in [-0.25, -0.2) is 9.37 Å². The Morgan fingerprint density at radius 1 is 1.17 bits per heavy atom. The van der Waals surface area contributed by atoms with Crippen LogP contribution in [-0.4, -0.2) is 59.2 Å². The second-order valence-corrected chi connectivity index (χ2v) is 8.23. The summed E-state index contributed by atoms with van der Waals surface area (Å²) in [5.41, 5.74) is 3.79. The molecule has 1 aromatic carbocycles. The Labute approximate surface area is 176 Å². The molecule has 1 fully saturated rings. The summed E-state index contributed by atoms with van der Waals surface area (Å²) in [6.45, 7) is 2.17. The normalized spacial score (nSPS) is 15.9. The van der Waals surface area contributed by atoms with Crippen molar-refractivity contribution in [3.63, 3.8) is 0 Å². The summed E-state index contributed by atoms with van der Waals surface area (Å²) < 4.78 is 15.3. The molecule has 0 spiro atoms. The van der Waals surface area contributed by atoms with E-state index in [2.05, 4.69) is 24.1 Å². The predicted octanol–water partition coefficient (Wildman–Crippen LogP) is 4.21. The van der Waals surface area contributed by atoms with Crippen LogP contribution in [-0.2, 0) is 0 Å². The van der Waals surface area contributed by atoms with Crippen molar-refractivity contribution in [2.24, 2.45) is 0 Å². The smallest absolute Gasteiger partial charge is 0.206 e. The first-order valence-electron chi connectivity index (χ1n) is 10.3. The Balaban J connectivity index is 1.80.